The van der Waals surface area contributed by atoms with Crippen LogP contribution < -0.4 is 5.56 Å². The Labute approximate surface area is 80.4 Å². The molecule has 2 aromatic rings. The molecule has 0 atom stereocenters. The third-order valence-electron chi connectivity index (χ3n) is 2.05. The van der Waals surface area contributed by atoms with E-state index >= 15 is 0 Å². The molecule has 2 aromatic heterocycles. The second kappa shape index (κ2) is 3.10. The third kappa shape index (κ3) is 1.22. The highest BCUT2D eigenvalue weighted by molar-refractivity contribution is 5.59. The van der Waals surface area contributed by atoms with Gasteiger partial charge in [0.2, 0.25) is 0 Å². The molecule has 0 bridgehead atoms. The number of aromatic amines is 1. The number of hydrogen-bond acceptors (Lipinski definition) is 3. The Kier molecular flexibility index (Phi) is 1.92. The molecular formula is C9H10N4O. The van der Waals surface area contributed by atoms with Crippen molar-refractivity contribution in [2.75, 3.05) is 0 Å². The molecule has 0 saturated heterocycles. The van der Waals surface area contributed by atoms with E-state index < -0.39 is 0 Å². The van der Waals surface area contributed by atoms with Crippen molar-refractivity contribution in [3.63, 3.8) is 0 Å². The Morgan fingerprint density at radius 1 is 1.43 bits per heavy atom. The summed E-state index contributed by atoms with van der Waals surface area (Å²) >= 11 is 0. The van der Waals surface area contributed by atoms with Crippen molar-refractivity contribution in [2.24, 2.45) is 7.05 Å². The average Bonchev–Trinajstić information content (AvgIpc) is 2.43. The van der Waals surface area contributed by atoms with E-state index in [1.165, 1.54) is 4.68 Å². The maximum Gasteiger partial charge on any atom is 0.276 e. The number of nitrogens with zero attached hydrogens (tertiary/aromatic N) is 3. The van der Waals surface area contributed by atoms with Gasteiger partial charge in [-0.1, -0.05) is 0 Å². The van der Waals surface area contributed by atoms with E-state index in [0.717, 1.165) is 5.69 Å². The van der Waals surface area contributed by atoms with Crippen molar-refractivity contribution >= 4 is 0 Å². The molecule has 72 valence electrons. The van der Waals surface area contributed by atoms with Crippen molar-refractivity contribution in [1.29, 1.82) is 0 Å². The van der Waals surface area contributed by atoms with Crippen molar-refractivity contribution in [1.82, 2.24) is 19.7 Å². The minimum absolute atomic E-state index is 0.0806. The van der Waals surface area contributed by atoms with Crippen LogP contribution in [0.15, 0.2) is 23.4 Å². The Hall–Kier alpha value is -1.91. The summed E-state index contributed by atoms with van der Waals surface area (Å²) in [7, 11) is 1.68. The standard InChI is InChI=1S/C9H10N4O/c1-6-8(9(14)13(2)12-6)7-5-10-3-4-11-7/h3-5,12H,1-2H3. The molecule has 0 aliphatic heterocycles. The molecule has 2 rings (SSSR count). The van der Waals surface area contributed by atoms with Crippen LogP contribution in [0.1, 0.15) is 5.69 Å². The van der Waals surface area contributed by atoms with Gasteiger partial charge in [-0.3, -0.25) is 24.5 Å². The summed E-state index contributed by atoms with van der Waals surface area (Å²) in [6, 6.07) is 0. The SMILES string of the molecule is Cc1[nH]n(C)c(=O)c1-c1cnccn1. The summed E-state index contributed by atoms with van der Waals surface area (Å²) in [5, 5.41) is 2.91. The monoisotopic (exact) mass is 190 g/mol. The average molecular weight is 190 g/mol. The second-order valence-electron chi connectivity index (χ2n) is 3.07. The maximum absolute atomic E-state index is 11.7. The Bertz CT molecular complexity index is 497. The van der Waals surface area contributed by atoms with E-state index in [0.29, 0.717) is 11.3 Å². The van der Waals surface area contributed by atoms with Crippen molar-refractivity contribution in [2.45, 2.75) is 6.92 Å². The highest BCUT2D eigenvalue weighted by Gasteiger charge is 2.11. The van der Waals surface area contributed by atoms with Crippen LogP contribution in [0.2, 0.25) is 0 Å². The van der Waals surface area contributed by atoms with Gasteiger partial charge in [0, 0.05) is 25.1 Å². The van der Waals surface area contributed by atoms with Gasteiger partial charge in [0.1, 0.15) is 0 Å². The number of aryl methyl sites for hydroxylation is 2. The second-order valence-corrected chi connectivity index (χ2v) is 3.07. The highest BCUT2D eigenvalue weighted by atomic mass is 16.1. The summed E-state index contributed by atoms with van der Waals surface area (Å²) in [5.74, 6) is 0. The lowest BCUT2D eigenvalue weighted by molar-refractivity contribution is 0.731. The van der Waals surface area contributed by atoms with E-state index in [2.05, 4.69) is 15.1 Å². The largest absolute Gasteiger partial charge is 0.300 e. The van der Waals surface area contributed by atoms with Crippen molar-refractivity contribution in [3.8, 4) is 11.3 Å². The van der Waals surface area contributed by atoms with Gasteiger partial charge in [0.15, 0.2) is 0 Å². The maximum atomic E-state index is 11.7. The molecule has 5 nitrogen and oxygen atoms in total. The van der Waals surface area contributed by atoms with Crippen molar-refractivity contribution in [3.05, 3.63) is 34.6 Å². The minimum Gasteiger partial charge on any atom is -0.300 e. The molecule has 0 fully saturated rings. The lowest BCUT2D eigenvalue weighted by atomic mass is 10.2. The number of rotatable bonds is 1. The van der Waals surface area contributed by atoms with Gasteiger partial charge >= 0.3 is 0 Å². The predicted molar refractivity (Wildman–Crippen MR) is 51.8 cm³/mol. The van der Waals surface area contributed by atoms with Gasteiger partial charge in [0.25, 0.3) is 5.56 Å². The smallest absolute Gasteiger partial charge is 0.276 e. The van der Waals surface area contributed by atoms with E-state index in [9.17, 15) is 4.79 Å². The van der Waals surface area contributed by atoms with E-state index in [1.807, 2.05) is 6.92 Å². The number of hydrogen-bond donors (Lipinski definition) is 1. The molecule has 0 radical (unpaired) electrons. The zero-order valence-corrected chi connectivity index (χ0v) is 7.98. The van der Waals surface area contributed by atoms with Gasteiger partial charge in [-0.15, -0.1) is 0 Å². The number of H-pyrrole nitrogens is 1. The fourth-order valence-electron chi connectivity index (χ4n) is 1.42. The summed E-state index contributed by atoms with van der Waals surface area (Å²) in [4.78, 5) is 19.7. The lowest BCUT2D eigenvalue weighted by Gasteiger charge is -1.94. The van der Waals surface area contributed by atoms with Crippen LogP contribution in [0, 0.1) is 6.92 Å². The van der Waals surface area contributed by atoms with Crippen LogP contribution in [-0.4, -0.2) is 19.7 Å². The van der Waals surface area contributed by atoms with Crippen LogP contribution in [0.4, 0.5) is 0 Å². The quantitative estimate of drug-likeness (QED) is 0.711. The Morgan fingerprint density at radius 3 is 2.71 bits per heavy atom. The summed E-state index contributed by atoms with van der Waals surface area (Å²) in [6.45, 7) is 1.84. The molecule has 2 heterocycles. The first kappa shape index (κ1) is 8.68. The van der Waals surface area contributed by atoms with Crippen LogP contribution in [0.3, 0.4) is 0 Å². The van der Waals surface area contributed by atoms with Crippen LogP contribution in [0.25, 0.3) is 11.3 Å². The molecule has 0 aliphatic rings. The molecule has 0 amide bonds. The molecule has 5 heteroatoms. The summed E-state index contributed by atoms with van der Waals surface area (Å²) in [6.07, 6.45) is 4.73. The van der Waals surface area contributed by atoms with Crippen LogP contribution in [0.5, 0.6) is 0 Å². The van der Waals surface area contributed by atoms with Gasteiger partial charge in [-0.25, -0.2) is 0 Å². The molecule has 14 heavy (non-hydrogen) atoms. The number of aromatic nitrogens is 4. The van der Waals surface area contributed by atoms with E-state index in [4.69, 9.17) is 0 Å². The first-order chi connectivity index (χ1) is 6.70. The zero-order valence-electron chi connectivity index (χ0n) is 7.98. The zero-order chi connectivity index (χ0) is 10.1. The molecule has 0 aliphatic carbocycles. The van der Waals surface area contributed by atoms with Crippen molar-refractivity contribution < 1.29 is 0 Å². The van der Waals surface area contributed by atoms with E-state index in [-0.39, 0.29) is 5.56 Å². The molecule has 0 aromatic carbocycles. The van der Waals surface area contributed by atoms with Crippen LogP contribution >= 0.6 is 0 Å². The topological polar surface area (TPSA) is 63.6 Å². The third-order valence-corrected chi connectivity index (χ3v) is 2.05. The molecule has 0 spiro atoms. The Balaban J connectivity index is 2.69. The molecule has 0 unspecified atom stereocenters. The summed E-state index contributed by atoms with van der Waals surface area (Å²) in [5.41, 5.74) is 1.91. The first-order valence-corrected chi connectivity index (χ1v) is 4.22. The lowest BCUT2D eigenvalue weighted by Crippen LogP contribution is -2.13. The fraction of sp³-hybridized carbons (Fsp3) is 0.222. The molecule has 1 N–H and O–H groups in total. The molecule has 0 saturated carbocycles. The highest BCUT2D eigenvalue weighted by Crippen LogP contribution is 2.13. The fourth-order valence-corrected chi connectivity index (χ4v) is 1.42. The molecular weight excluding hydrogens is 180 g/mol. The van der Waals surface area contributed by atoms with Gasteiger partial charge in [0.05, 0.1) is 17.5 Å². The van der Waals surface area contributed by atoms with Gasteiger partial charge in [-0.05, 0) is 6.92 Å². The Morgan fingerprint density at radius 2 is 2.21 bits per heavy atom. The van der Waals surface area contributed by atoms with Gasteiger partial charge < -0.3 is 0 Å². The van der Waals surface area contributed by atoms with Gasteiger partial charge in [-0.2, -0.15) is 0 Å². The first-order valence-electron chi connectivity index (χ1n) is 4.22. The number of nitrogens with one attached hydrogen (secondary N) is 1. The van der Waals surface area contributed by atoms with Crippen LogP contribution in [-0.2, 0) is 7.05 Å². The van der Waals surface area contributed by atoms with E-state index in [1.54, 1.807) is 25.6 Å². The summed E-state index contributed by atoms with van der Waals surface area (Å²) < 4.78 is 1.43. The normalized spacial score (nSPS) is 10.4. The predicted octanol–water partition coefficient (Wildman–Crippen LogP) is 0.479. The minimum atomic E-state index is -0.0806.